The molecule has 1 aromatic heterocycles. The van der Waals surface area contributed by atoms with Crippen molar-refractivity contribution in [3.05, 3.63) is 16.0 Å². The Morgan fingerprint density at radius 1 is 1.50 bits per heavy atom. The van der Waals surface area contributed by atoms with Crippen molar-refractivity contribution < 1.29 is 4.74 Å². The first-order valence-electron chi connectivity index (χ1n) is 5.00. The summed E-state index contributed by atoms with van der Waals surface area (Å²) < 4.78 is 6.24. The first-order valence-corrected chi connectivity index (χ1v) is 6.17. The van der Waals surface area contributed by atoms with Crippen LogP contribution in [0.4, 0.5) is 5.82 Å². The molecule has 1 aromatic rings. The summed E-state index contributed by atoms with van der Waals surface area (Å²) in [5.74, 6) is 0.674. The van der Waals surface area contributed by atoms with Gasteiger partial charge in [0.25, 0.3) is 0 Å². The van der Waals surface area contributed by atoms with Crippen molar-refractivity contribution in [3.63, 3.8) is 0 Å². The molecule has 6 heteroatoms. The van der Waals surface area contributed by atoms with Gasteiger partial charge in [0.05, 0.1) is 10.1 Å². The van der Waals surface area contributed by atoms with Crippen LogP contribution in [0.25, 0.3) is 0 Å². The Balaban J connectivity index is 2.64. The second-order valence-electron chi connectivity index (χ2n) is 3.87. The van der Waals surface area contributed by atoms with Crippen molar-refractivity contribution in [1.82, 2.24) is 9.97 Å². The number of aromatic nitrogens is 2. The first kappa shape index (κ1) is 13.7. The molecule has 0 unspecified atom stereocenters. The lowest BCUT2D eigenvalue weighted by molar-refractivity contribution is 0.000631. The number of ether oxygens (including phenoxy) is 1. The number of anilines is 1. The lowest BCUT2D eigenvalue weighted by atomic mass is 10.1. The summed E-state index contributed by atoms with van der Waals surface area (Å²) in [6.07, 6.45) is 1.42. The molecule has 1 N–H and O–H groups in total. The van der Waals surface area contributed by atoms with E-state index in [1.807, 2.05) is 20.8 Å². The van der Waals surface area contributed by atoms with E-state index < -0.39 is 0 Å². The molecule has 1 heterocycles. The van der Waals surface area contributed by atoms with Crippen LogP contribution in [-0.4, -0.2) is 28.7 Å². The molecule has 90 valence electrons. The first-order chi connectivity index (χ1) is 7.46. The molecule has 0 bridgehead atoms. The largest absolute Gasteiger partial charge is 0.374 e. The fraction of sp³-hybridized carbons (Fsp3) is 0.600. The van der Waals surface area contributed by atoms with E-state index in [9.17, 15) is 0 Å². The number of nitrogens with one attached hydrogen (secondary N) is 1. The van der Waals surface area contributed by atoms with Crippen LogP contribution in [0.5, 0.6) is 0 Å². The number of nitrogens with zero attached hydrogens (tertiary/aromatic N) is 2. The van der Waals surface area contributed by atoms with E-state index in [2.05, 4.69) is 31.2 Å². The number of rotatable bonds is 5. The molecule has 0 aromatic carbocycles. The van der Waals surface area contributed by atoms with Gasteiger partial charge in [-0.05, 0) is 36.7 Å². The topological polar surface area (TPSA) is 47.0 Å². The molecule has 1 rings (SSSR count). The van der Waals surface area contributed by atoms with Crippen LogP contribution >= 0.6 is 27.5 Å². The van der Waals surface area contributed by atoms with Crippen molar-refractivity contribution in [2.75, 3.05) is 18.5 Å². The fourth-order valence-corrected chi connectivity index (χ4v) is 1.69. The molecule has 0 aliphatic carbocycles. The summed E-state index contributed by atoms with van der Waals surface area (Å²) in [7, 11) is 0. The number of hydrogen-bond acceptors (Lipinski definition) is 4. The molecular weight excluding hydrogens is 293 g/mol. The molecular formula is C10H15BrClN3O. The maximum Gasteiger partial charge on any atom is 0.148 e. The highest BCUT2D eigenvalue weighted by Gasteiger charge is 2.18. The summed E-state index contributed by atoms with van der Waals surface area (Å²) in [6, 6.07) is 0. The van der Waals surface area contributed by atoms with Gasteiger partial charge in [-0.25, -0.2) is 9.97 Å². The molecule has 0 atom stereocenters. The average molecular weight is 309 g/mol. The Hall–Kier alpha value is -0.390. The zero-order valence-electron chi connectivity index (χ0n) is 9.55. The van der Waals surface area contributed by atoms with Gasteiger partial charge in [0, 0.05) is 13.2 Å². The summed E-state index contributed by atoms with van der Waals surface area (Å²) in [6.45, 7) is 7.33. The molecule has 0 saturated heterocycles. The quantitative estimate of drug-likeness (QED) is 0.849. The van der Waals surface area contributed by atoms with E-state index in [0.29, 0.717) is 28.6 Å². The minimum Gasteiger partial charge on any atom is -0.374 e. The SMILES string of the molecule is CCOC(C)(C)CNc1ncnc(Cl)c1Br. The van der Waals surface area contributed by atoms with Crippen LogP contribution in [0.2, 0.25) is 5.15 Å². The highest BCUT2D eigenvalue weighted by Crippen LogP contribution is 2.26. The third kappa shape index (κ3) is 3.88. The predicted molar refractivity (Wildman–Crippen MR) is 68.9 cm³/mol. The maximum absolute atomic E-state index is 5.86. The Bertz CT molecular complexity index is 360. The zero-order chi connectivity index (χ0) is 12.2. The predicted octanol–water partition coefficient (Wildman–Crippen LogP) is 3.12. The molecule has 0 fully saturated rings. The Morgan fingerprint density at radius 3 is 2.81 bits per heavy atom. The van der Waals surface area contributed by atoms with Gasteiger partial charge in [-0.15, -0.1) is 0 Å². The third-order valence-corrected chi connectivity index (χ3v) is 3.23. The monoisotopic (exact) mass is 307 g/mol. The van der Waals surface area contributed by atoms with Crippen LogP contribution in [-0.2, 0) is 4.74 Å². The molecule has 0 aliphatic heterocycles. The van der Waals surface area contributed by atoms with Gasteiger partial charge in [-0.1, -0.05) is 11.6 Å². The van der Waals surface area contributed by atoms with Gasteiger partial charge < -0.3 is 10.1 Å². The Kier molecular flexibility index (Phi) is 4.95. The second kappa shape index (κ2) is 5.80. The molecule has 0 radical (unpaired) electrons. The van der Waals surface area contributed by atoms with Crippen LogP contribution in [0.15, 0.2) is 10.8 Å². The van der Waals surface area contributed by atoms with Crippen molar-refractivity contribution in [1.29, 1.82) is 0 Å². The Morgan fingerprint density at radius 2 is 2.19 bits per heavy atom. The summed E-state index contributed by atoms with van der Waals surface area (Å²) in [4.78, 5) is 7.95. The van der Waals surface area contributed by atoms with Crippen molar-refractivity contribution in [2.45, 2.75) is 26.4 Å². The number of halogens is 2. The van der Waals surface area contributed by atoms with Crippen LogP contribution in [0.1, 0.15) is 20.8 Å². The van der Waals surface area contributed by atoms with Crippen LogP contribution in [0, 0.1) is 0 Å². The standard InChI is InChI=1S/C10H15BrClN3O/c1-4-16-10(2,3)5-13-9-7(11)8(12)14-6-15-9/h6H,4-5H2,1-3H3,(H,13,14,15). The summed E-state index contributed by atoms with van der Waals surface area (Å²) >= 11 is 9.18. The van der Waals surface area contributed by atoms with Crippen molar-refractivity contribution in [2.24, 2.45) is 0 Å². The van der Waals surface area contributed by atoms with Crippen LogP contribution < -0.4 is 5.32 Å². The minimum absolute atomic E-state index is 0.244. The molecule has 16 heavy (non-hydrogen) atoms. The smallest absolute Gasteiger partial charge is 0.148 e. The lowest BCUT2D eigenvalue weighted by Crippen LogP contribution is -2.33. The van der Waals surface area contributed by atoms with Gasteiger partial charge in [-0.3, -0.25) is 0 Å². The maximum atomic E-state index is 5.86. The Labute approximate surface area is 109 Å². The normalized spacial score (nSPS) is 11.6. The molecule has 4 nitrogen and oxygen atoms in total. The minimum atomic E-state index is -0.244. The number of hydrogen-bond donors (Lipinski definition) is 1. The lowest BCUT2D eigenvalue weighted by Gasteiger charge is -2.25. The summed E-state index contributed by atoms with van der Waals surface area (Å²) in [5.41, 5.74) is -0.244. The van der Waals surface area contributed by atoms with E-state index in [1.165, 1.54) is 6.33 Å². The molecule has 0 spiro atoms. The van der Waals surface area contributed by atoms with Gasteiger partial charge in [0.15, 0.2) is 0 Å². The van der Waals surface area contributed by atoms with E-state index in [0.717, 1.165) is 0 Å². The van der Waals surface area contributed by atoms with Gasteiger partial charge in [-0.2, -0.15) is 0 Å². The van der Waals surface area contributed by atoms with E-state index >= 15 is 0 Å². The van der Waals surface area contributed by atoms with E-state index in [1.54, 1.807) is 0 Å². The third-order valence-electron chi connectivity index (χ3n) is 1.96. The van der Waals surface area contributed by atoms with Crippen LogP contribution in [0.3, 0.4) is 0 Å². The zero-order valence-corrected chi connectivity index (χ0v) is 11.9. The van der Waals surface area contributed by atoms with Crippen molar-refractivity contribution in [3.8, 4) is 0 Å². The summed E-state index contributed by atoms with van der Waals surface area (Å²) in [5, 5.41) is 3.57. The molecule has 0 saturated carbocycles. The van der Waals surface area contributed by atoms with E-state index in [4.69, 9.17) is 16.3 Å². The molecule has 0 aliphatic rings. The highest BCUT2D eigenvalue weighted by molar-refractivity contribution is 9.10. The van der Waals surface area contributed by atoms with Gasteiger partial charge in [0.1, 0.15) is 17.3 Å². The fourth-order valence-electron chi connectivity index (χ4n) is 1.21. The second-order valence-corrected chi connectivity index (χ2v) is 5.02. The van der Waals surface area contributed by atoms with E-state index in [-0.39, 0.29) is 5.60 Å². The average Bonchev–Trinajstić information content (AvgIpc) is 2.20. The van der Waals surface area contributed by atoms with Gasteiger partial charge >= 0.3 is 0 Å². The molecule has 0 amide bonds. The van der Waals surface area contributed by atoms with Crippen molar-refractivity contribution >= 4 is 33.3 Å². The van der Waals surface area contributed by atoms with Gasteiger partial charge in [0.2, 0.25) is 0 Å². The highest BCUT2D eigenvalue weighted by atomic mass is 79.9.